The molecule has 0 fully saturated rings. The Labute approximate surface area is 56.5 Å². The molecule has 0 atom stereocenters. The number of allylic oxidation sites excluding steroid dienone is 2. The standard InChI is InChI=1S/C7H14N2/c1-3-5-6-7(4-2)9-8/h4,8H,3,5-6H2,1-2H3/b7-4-,9-8?. The van der Waals surface area contributed by atoms with E-state index in [0.29, 0.717) is 0 Å². The number of hydrogen-bond acceptors (Lipinski definition) is 2. The Balaban J connectivity index is 3.45. The van der Waals surface area contributed by atoms with Gasteiger partial charge in [0.2, 0.25) is 0 Å². The number of nitrogens with zero attached hydrogens (tertiary/aromatic N) is 1. The zero-order valence-corrected chi connectivity index (χ0v) is 6.15. The van der Waals surface area contributed by atoms with E-state index in [9.17, 15) is 0 Å². The molecular formula is C7H14N2. The highest BCUT2D eigenvalue weighted by Crippen LogP contribution is 2.06. The Morgan fingerprint density at radius 2 is 2.33 bits per heavy atom. The van der Waals surface area contributed by atoms with Crippen LogP contribution in [0.25, 0.3) is 0 Å². The van der Waals surface area contributed by atoms with Crippen LogP contribution in [0.1, 0.15) is 33.1 Å². The average Bonchev–Trinajstić information content (AvgIpc) is 1.91. The lowest BCUT2D eigenvalue weighted by Gasteiger charge is -1.94. The predicted molar refractivity (Wildman–Crippen MR) is 38.4 cm³/mol. The summed E-state index contributed by atoms with van der Waals surface area (Å²) >= 11 is 0. The van der Waals surface area contributed by atoms with Crippen LogP contribution in [0.4, 0.5) is 0 Å². The van der Waals surface area contributed by atoms with Crippen molar-refractivity contribution < 1.29 is 0 Å². The molecule has 2 heteroatoms. The van der Waals surface area contributed by atoms with Crippen molar-refractivity contribution >= 4 is 0 Å². The quantitative estimate of drug-likeness (QED) is 0.562. The molecule has 2 nitrogen and oxygen atoms in total. The maximum Gasteiger partial charge on any atom is 0.0581 e. The first-order valence-electron chi connectivity index (χ1n) is 3.37. The van der Waals surface area contributed by atoms with Gasteiger partial charge in [-0.2, -0.15) is 5.11 Å². The smallest absolute Gasteiger partial charge is 0.0581 e. The summed E-state index contributed by atoms with van der Waals surface area (Å²) < 4.78 is 0. The van der Waals surface area contributed by atoms with E-state index in [1.165, 1.54) is 6.42 Å². The minimum Gasteiger partial charge on any atom is -0.205 e. The van der Waals surface area contributed by atoms with Crippen LogP contribution in [0.2, 0.25) is 0 Å². The molecule has 0 amide bonds. The van der Waals surface area contributed by atoms with Gasteiger partial charge in [0, 0.05) is 0 Å². The Kier molecular flexibility index (Phi) is 5.07. The summed E-state index contributed by atoms with van der Waals surface area (Å²) in [5.41, 5.74) is 7.59. The minimum absolute atomic E-state index is 0.900. The first-order chi connectivity index (χ1) is 4.35. The maximum atomic E-state index is 6.70. The van der Waals surface area contributed by atoms with Crippen molar-refractivity contribution in [3.05, 3.63) is 11.8 Å². The van der Waals surface area contributed by atoms with Gasteiger partial charge in [-0.25, -0.2) is 5.53 Å². The molecule has 0 bridgehead atoms. The molecule has 0 aromatic rings. The Hall–Kier alpha value is -0.660. The molecule has 0 spiro atoms. The van der Waals surface area contributed by atoms with Crippen molar-refractivity contribution in [1.82, 2.24) is 0 Å². The van der Waals surface area contributed by atoms with Gasteiger partial charge in [0.25, 0.3) is 0 Å². The molecule has 9 heavy (non-hydrogen) atoms. The third kappa shape index (κ3) is 3.88. The molecule has 1 N–H and O–H groups in total. The first-order valence-corrected chi connectivity index (χ1v) is 3.37. The van der Waals surface area contributed by atoms with Gasteiger partial charge in [-0.15, -0.1) is 0 Å². The van der Waals surface area contributed by atoms with E-state index in [1.54, 1.807) is 0 Å². The van der Waals surface area contributed by atoms with Crippen LogP contribution in [0.15, 0.2) is 16.9 Å². The fourth-order valence-corrected chi connectivity index (χ4v) is 0.623. The van der Waals surface area contributed by atoms with Crippen molar-refractivity contribution in [2.24, 2.45) is 5.11 Å². The van der Waals surface area contributed by atoms with E-state index in [2.05, 4.69) is 12.0 Å². The summed E-state index contributed by atoms with van der Waals surface area (Å²) in [6.07, 6.45) is 5.16. The van der Waals surface area contributed by atoms with Gasteiger partial charge in [0.1, 0.15) is 0 Å². The van der Waals surface area contributed by atoms with E-state index in [4.69, 9.17) is 5.53 Å². The molecular weight excluding hydrogens is 112 g/mol. The maximum absolute atomic E-state index is 6.70. The average molecular weight is 126 g/mol. The largest absolute Gasteiger partial charge is 0.205 e. The van der Waals surface area contributed by atoms with Gasteiger partial charge in [-0.1, -0.05) is 19.4 Å². The minimum atomic E-state index is 0.900. The fraction of sp³-hybridized carbons (Fsp3) is 0.714. The summed E-state index contributed by atoms with van der Waals surface area (Å²) in [4.78, 5) is 0. The van der Waals surface area contributed by atoms with Gasteiger partial charge in [0.05, 0.1) is 5.70 Å². The van der Waals surface area contributed by atoms with E-state index < -0.39 is 0 Å². The van der Waals surface area contributed by atoms with Crippen molar-refractivity contribution in [3.8, 4) is 0 Å². The van der Waals surface area contributed by atoms with Crippen molar-refractivity contribution in [1.29, 1.82) is 5.53 Å². The van der Waals surface area contributed by atoms with E-state index in [0.717, 1.165) is 18.5 Å². The van der Waals surface area contributed by atoms with Crippen LogP contribution in [0.5, 0.6) is 0 Å². The summed E-state index contributed by atoms with van der Waals surface area (Å²) in [5, 5.41) is 3.36. The molecule has 0 aromatic carbocycles. The first kappa shape index (κ1) is 8.34. The van der Waals surface area contributed by atoms with Crippen LogP contribution in [0.3, 0.4) is 0 Å². The van der Waals surface area contributed by atoms with E-state index in [1.807, 2.05) is 13.0 Å². The van der Waals surface area contributed by atoms with E-state index in [-0.39, 0.29) is 0 Å². The van der Waals surface area contributed by atoms with Crippen LogP contribution < -0.4 is 0 Å². The van der Waals surface area contributed by atoms with Gasteiger partial charge >= 0.3 is 0 Å². The molecule has 0 unspecified atom stereocenters. The molecule has 0 saturated heterocycles. The van der Waals surface area contributed by atoms with Crippen molar-refractivity contribution in [2.75, 3.05) is 0 Å². The molecule has 0 aliphatic rings. The second kappa shape index (κ2) is 5.48. The topological polar surface area (TPSA) is 36.2 Å². The van der Waals surface area contributed by atoms with Crippen LogP contribution in [-0.2, 0) is 0 Å². The molecule has 0 aliphatic carbocycles. The number of unbranched alkanes of at least 4 members (excludes halogenated alkanes) is 1. The zero-order valence-electron chi connectivity index (χ0n) is 6.15. The van der Waals surface area contributed by atoms with Crippen molar-refractivity contribution in [3.63, 3.8) is 0 Å². The molecule has 0 rings (SSSR count). The fourth-order valence-electron chi connectivity index (χ4n) is 0.623. The number of hydrogen-bond donors (Lipinski definition) is 1. The van der Waals surface area contributed by atoms with Gasteiger partial charge in [0.15, 0.2) is 0 Å². The molecule has 0 aromatic heterocycles. The lowest BCUT2D eigenvalue weighted by molar-refractivity contribution is 0.765. The molecule has 0 aliphatic heterocycles. The SMILES string of the molecule is C/C=C(/CCCC)N=N. The molecule has 52 valence electrons. The van der Waals surface area contributed by atoms with E-state index >= 15 is 0 Å². The lowest BCUT2D eigenvalue weighted by Crippen LogP contribution is -1.76. The summed E-state index contributed by atoms with van der Waals surface area (Å²) in [6, 6.07) is 0. The summed E-state index contributed by atoms with van der Waals surface area (Å²) in [5.74, 6) is 0. The third-order valence-corrected chi connectivity index (χ3v) is 1.26. The molecule has 0 saturated carbocycles. The van der Waals surface area contributed by atoms with Crippen LogP contribution >= 0.6 is 0 Å². The monoisotopic (exact) mass is 126 g/mol. The second-order valence-electron chi connectivity index (χ2n) is 2.00. The predicted octanol–water partition coefficient (Wildman–Crippen LogP) is 3.11. The summed E-state index contributed by atoms with van der Waals surface area (Å²) in [6.45, 7) is 4.06. The zero-order chi connectivity index (χ0) is 7.11. The lowest BCUT2D eigenvalue weighted by atomic mass is 10.2. The number of nitrogens with one attached hydrogen (secondary N) is 1. The Morgan fingerprint density at radius 3 is 2.67 bits per heavy atom. The molecule has 0 heterocycles. The Morgan fingerprint density at radius 1 is 1.67 bits per heavy atom. The second-order valence-corrected chi connectivity index (χ2v) is 2.00. The van der Waals surface area contributed by atoms with Gasteiger partial charge in [-0.3, -0.25) is 0 Å². The molecule has 0 radical (unpaired) electrons. The van der Waals surface area contributed by atoms with Crippen LogP contribution in [-0.4, -0.2) is 0 Å². The van der Waals surface area contributed by atoms with Crippen LogP contribution in [0, 0.1) is 5.53 Å². The highest BCUT2D eigenvalue weighted by molar-refractivity contribution is 4.95. The third-order valence-electron chi connectivity index (χ3n) is 1.26. The normalized spacial score (nSPS) is 11.6. The van der Waals surface area contributed by atoms with Gasteiger partial charge in [-0.05, 0) is 19.8 Å². The highest BCUT2D eigenvalue weighted by Gasteiger charge is 1.89. The summed E-state index contributed by atoms with van der Waals surface area (Å²) in [7, 11) is 0. The highest BCUT2D eigenvalue weighted by atomic mass is 15.0. The number of rotatable bonds is 4. The Bertz CT molecular complexity index is 105. The van der Waals surface area contributed by atoms with Gasteiger partial charge < -0.3 is 0 Å². The van der Waals surface area contributed by atoms with Crippen molar-refractivity contribution in [2.45, 2.75) is 33.1 Å².